The molecule has 2 heterocycles. The first-order valence-electron chi connectivity index (χ1n) is 10.5. The number of aromatic nitrogens is 1. The first-order chi connectivity index (χ1) is 14.5. The van der Waals surface area contributed by atoms with Gasteiger partial charge in [0.05, 0.1) is 26.4 Å². The van der Waals surface area contributed by atoms with Crippen molar-refractivity contribution in [3.63, 3.8) is 0 Å². The number of halogens is 1. The Morgan fingerprint density at radius 1 is 1.00 bits per heavy atom. The molecule has 1 aromatic heterocycles. The van der Waals surface area contributed by atoms with Crippen LogP contribution in [0.4, 0.5) is 0 Å². The lowest BCUT2D eigenvalue weighted by molar-refractivity contribution is 0.0627. The number of carbonyl (C=O) groups excluding carboxylic acids is 1. The summed E-state index contributed by atoms with van der Waals surface area (Å²) in [7, 11) is 0. The molecule has 1 aliphatic rings. The van der Waals surface area contributed by atoms with E-state index in [1.54, 1.807) is 23.5 Å². The maximum atomic E-state index is 13.2. The van der Waals surface area contributed by atoms with Gasteiger partial charge in [-0.25, -0.2) is 4.98 Å². The van der Waals surface area contributed by atoms with E-state index in [0.29, 0.717) is 55.7 Å². The van der Waals surface area contributed by atoms with Gasteiger partial charge in [0.15, 0.2) is 11.5 Å². The Morgan fingerprint density at radius 3 is 2.06 bits per heavy atom. The minimum absolute atomic E-state index is 0. The van der Waals surface area contributed by atoms with Crippen LogP contribution in [-0.2, 0) is 6.54 Å². The molecular formula is C22H32ClN3O4S. The van der Waals surface area contributed by atoms with Crippen LogP contribution in [-0.4, -0.2) is 66.7 Å². The van der Waals surface area contributed by atoms with E-state index in [0.717, 1.165) is 30.3 Å². The van der Waals surface area contributed by atoms with Crippen molar-refractivity contribution < 1.29 is 19.0 Å². The lowest BCUT2D eigenvalue weighted by atomic mass is 10.1. The van der Waals surface area contributed by atoms with Gasteiger partial charge >= 0.3 is 0 Å². The molecule has 0 saturated carbocycles. The third-order valence-electron chi connectivity index (χ3n) is 4.84. The van der Waals surface area contributed by atoms with Crippen LogP contribution in [0.25, 0.3) is 0 Å². The van der Waals surface area contributed by atoms with E-state index in [1.165, 1.54) is 0 Å². The monoisotopic (exact) mass is 469 g/mol. The average molecular weight is 470 g/mol. The van der Waals surface area contributed by atoms with E-state index in [2.05, 4.69) is 15.3 Å². The second-order valence-electron chi connectivity index (χ2n) is 7.05. The van der Waals surface area contributed by atoms with Crippen LogP contribution in [0.15, 0.2) is 17.5 Å². The molecule has 9 heteroatoms. The summed E-state index contributed by atoms with van der Waals surface area (Å²) >= 11 is 1.69. The fourth-order valence-electron chi connectivity index (χ4n) is 3.47. The minimum atomic E-state index is -0.00954. The van der Waals surface area contributed by atoms with Crippen LogP contribution in [0.5, 0.6) is 17.2 Å². The Balaban J connectivity index is 0.00000341. The molecule has 3 rings (SSSR count). The van der Waals surface area contributed by atoms with Gasteiger partial charge in [0.25, 0.3) is 5.91 Å². The Kier molecular flexibility index (Phi) is 9.87. The number of benzene rings is 1. The van der Waals surface area contributed by atoms with Crippen molar-refractivity contribution in [1.29, 1.82) is 0 Å². The number of amides is 1. The highest BCUT2D eigenvalue weighted by Crippen LogP contribution is 2.39. The average Bonchev–Trinajstić information content (AvgIpc) is 3.15. The first-order valence-corrected chi connectivity index (χ1v) is 11.4. The van der Waals surface area contributed by atoms with Crippen molar-refractivity contribution in [1.82, 2.24) is 14.8 Å². The summed E-state index contributed by atoms with van der Waals surface area (Å²) in [5.41, 5.74) is 1.63. The van der Waals surface area contributed by atoms with Crippen LogP contribution in [0.2, 0.25) is 0 Å². The van der Waals surface area contributed by atoms with Gasteiger partial charge < -0.3 is 19.1 Å². The standard InChI is InChI=1S/C22H31N3O4S.ClH/c1-5-27-18-12-17(13-19(28-6-2)21(18)29-7-3)22(26)25-10-8-24(9-11-25)14-20-23-16(4)15-30-20;/h12-13,15H,5-11,14H2,1-4H3;1H. The molecule has 2 aromatic rings. The van der Waals surface area contributed by atoms with Crippen LogP contribution in [0.1, 0.15) is 41.8 Å². The maximum Gasteiger partial charge on any atom is 0.254 e. The van der Waals surface area contributed by atoms with E-state index in [9.17, 15) is 4.79 Å². The van der Waals surface area contributed by atoms with Gasteiger partial charge in [-0.15, -0.1) is 23.7 Å². The molecular weight excluding hydrogens is 438 g/mol. The zero-order valence-corrected chi connectivity index (χ0v) is 20.3. The predicted octanol–water partition coefficient (Wildman–Crippen LogP) is 4.03. The van der Waals surface area contributed by atoms with E-state index < -0.39 is 0 Å². The number of aryl methyl sites for hydroxylation is 1. The van der Waals surface area contributed by atoms with Gasteiger partial charge in [0.2, 0.25) is 5.75 Å². The zero-order chi connectivity index (χ0) is 21.5. The zero-order valence-electron chi connectivity index (χ0n) is 18.7. The molecule has 0 spiro atoms. The lowest BCUT2D eigenvalue weighted by Gasteiger charge is -2.34. The first kappa shape index (κ1) is 25.2. The maximum absolute atomic E-state index is 13.2. The van der Waals surface area contributed by atoms with Crippen molar-refractivity contribution in [2.45, 2.75) is 34.2 Å². The highest BCUT2D eigenvalue weighted by molar-refractivity contribution is 7.09. The second-order valence-corrected chi connectivity index (χ2v) is 7.99. The van der Waals surface area contributed by atoms with Gasteiger partial charge in [-0.1, -0.05) is 0 Å². The molecule has 0 N–H and O–H groups in total. The molecule has 0 bridgehead atoms. The van der Waals surface area contributed by atoms with E-state index >= 15 is 0 Å². The summed E-state index contributed by atoms with van der Waals surface area (Å²) in [5, 5.41) is 3.20. The summed E-state index contributed by atoms with van der Waals surface area (Å²) < 4.78 is 17.2. The lowest BCUT2D eigenvalue weighted by Crippen LogP contribution is -2.48. The summed E-state index contributed by atoms with van der Waals surface area (Å²) in [4.78, 5) is 22.0. The number of hydrogen-bond donors (Lipinski definition) is 0. The van der Waals surface area contributed by atoms with Crippen LogP contribution < -0.4 is 14.2 Å². The summed E-state index contributed by atoms with van der Waals surface area (Å²) in [5.74, 6) is 1.64. The Bertz CT molecular complexity index is 826. The minimum Gasteiger partial charge on any atom is -0.490 e. The van der Waals surface area contributed by atoms with Gasteiger partial charge in [-0.05, 0) is 39.8 Å². The molecule has 1 saturated heterocycles. The van der Waals surface area contributed by atoms with Crippen molar-refractivity contribution >= 4 is 29.7 Å². The van der Waals surface area contributed by atoms with Crippen molar-refractivity contribution in [3.8, 4) is 17.2 Å². The van der Waals surface area contributed by atoms with Gasteiger partial charge in [0, 0.05) is 42.8 Å². The number of hydrogen-bond acceptors (Lipinski definition) is 7. The van der Waals surface area contributed by atoms with Crippen LogP contribution >= 0.6 is 23.7 Å². The molecule has 0 unspecified atom stereocenters. The van der Waals surface area contributed by atoms with Crippen molar-refractivity contribution in [2.75, 3.05) is 46.0 Å². The van der Waals surface area contributed by atoms with Crippen LogP contribution in [0.3, 0.4) is 0 Å². The Hall–Kier alpha value is -2.03. The van der Waals surface area contributed by atoms with Gasteiger partial charge in [-0.2, -0.15) is 0 Å². The van der Waals surface area contributed by atoms with E-state index in [4.69, 9.17) is 14.2 Å². The summed E-state index contributed by atoms with van der Waals surface area (Å²) in [6.07, 6.45) is 0. The fourth-order valence-corrected chi connectivity index (χ4v) is 4.28. The summed E-state index contributed by atoms with van der Waals surface area (Å²) in [6, 6.07) is 3.54. The highest BCUT2D eigenvalue weighted by atomic mass is 35.5. The van der Waals surface area contributed by atoms with Crippen molar-refractivity contribution in [2.24, 2.45) is 0 Å². The molecule has 0 atom stereocenters. The topological polar surface area (TPSA) is 64.1 Å². The SMILES string of the molecule is CCOc1cc(C(=O)N2CCN(Cc3nc(C)cs3)CC2)cc(OCC)c1OCC.Cl. The smallest absolute Gasteiger partial charge is 0.254 e. The van der Waals surface area contributed by atoms with Crippen molar-refractivity contribution in [3.05, 3.63) is 33.8 Å². The number of rotatable bonds is 9. The predicted molar refractivity (Wildman–Crippen MR) is 125 cm³/mol. The molecule has 1 amide bonds. The number of ether oxygens (including phenoxy) is 3. The van der Waals surface area contributed by atoms with Crippen LogP contribution in [0, 0.1) is 6.92 Å². The largest absolute Gasteiger partial charge is 0.490 e. The highest BCUT2D eigenvalue weighted by Gasteiger charge is 2.25. The number of piperazine rings is 1. The quantitative estimate of drug-likeness (QED) is 0.552. The number of thiazole rings is 1. The molecule has 31 heavy (non-hydrogen) atoms. The Morgan fingerprint density at radius 2 is 1.58 bits per heavy atom. The second kappa shape index (κ2) is 12.1. The van der Waals surface area contributed by atoms with Gasteiger partial charge in [-0.3, -0.25) is 9.69 Å². The molecule has 172 valence electrons. The number of carbonyl (C=O) groups is 1. The Labute approximate surface area is 194 Å². The van der Waals surface area contributed by atoms with E-state index in [1.807, 2.05) is 32.6 Å². The molecule has 0 radical (unpaired) electrons. The van der Waals surface area contributed by atoms with E-state index in [-0.39, 0.29) is 18.3 Å². The third kappa shape index (κ3) is 6.48. The summed E-state index contributed by atoms with van der Waals surface area (Å²) in [6.45, 7) is 13.1. The molecule has 1 aliphatic heterocycles. The molecule has 0 aliphatic carbocycles. The molecule has 1 fully saturated rings. The molecule has 7 nitrogen and oxygen atoms in total. The normalized spacial score (nSPS) is 14.1. The fraction of sp³-hybridized carbons (Fsp3) is 0.545. The number of nitrogens with zero attached hydrogens (tertiary/aromatic N) is 3. The molecule has 1 aromatic carbocycles. The third-order valence-corrected chi connectivity index (χ3v) is 5.79. The van der Waals surface area contributed by atoms with Gasteiger partial charge in [0.1, 0.15) is 5.01 Å².